The number of halogens is 4. The van der Waals surface area contributed by atoms with E-state index >= 15 is 0 Å². The molecule has 1 saturated heterocycles. The summed E-state index contributed by atoms with van der Waals surface area (Å²) in [5.41, 5.74) is -0.645. The number of nitrogens with zero attached hydrogens (tertiary/aromatic N) is 4. The van der Waals surface area contributed by atoms with Gasteiger partial charge in [-0.05, 0) is 44.0 Å². The first kappa shape index (κ1) is 22.6. The molecule has 0 bridgehead atoms. The van der Waals surface area contributed by atoms with E-state index in [4.69, 9.17) is 0 Å². The Morgan fingerprint density at radius 2 is 1.85 bits per heavy atom. The lowest BCUT2D eigenvalue weighted by Crippen LogP contribution is -2.52. The van der Waals surface area contributed by atoms with Crippen LogP contribution in [0.2, 0.25) is 0 Å². The van der Waals surface area contributed by atoms with Gasteiger partial charge in [0.15, 0.2) is 5.82 Å². The van der Waals surface area contributed by atoms with E-state index in [2.05, 4.69) is 20.3 Å². The summed E-state index contributed by atoms with van der Waals surface area (Å²) in [6.45, 7) is 2.24. The van der Waals surface area contributed by atoms with Gasteiger partial charge in [0.2, 0.25) is 0 Å². The molecule has 1 N–H and O–H groups in total. The van der Waals surface area contributed by atoms with Crippen molar-refractivity contribution in [2.45, 2.75) is 38.0 Å². The predicted octanol–water partition coefficient (Wildman–Crippen LogP) is 4.80. The second-order valence-electron chi connectivity index (χ2n) is 7.80. The highest BCUT2D eigenvalue weighted by Crippen LogP contribution is 2.30. The number of nitrogens with one attached hydrogen (secondary N) is 1. The second-order valence-corrected chi connectivity index (χ2v) is 7.80. The number of aromatic nitrogens is 3. The number of carbonyl (C=O) groups is 1. The number of benzene rings is 1. The Kier molecular flexibility index (Phi) is 6.26. The van der Waals surface area contributed by atoms with Crippen molar-refractivity contribution in [2.75, 3.05) is 11.9 Å². The highest BCUT2D eigenvalue weighted by molar-refractivity contribution is 6.00. The van der Waals surface area contributed by atoms with E-state index in [1.807, 2.05) is 6.92 Å². The van der Waals surface area contributed by atoms with Crippen LogP contribution in [0, 0.1) is 5.82 Å². The van der Waals surface area contributed by atoms with Gasteiger partial charge in [-0.2, -0.15) is 13.2 Å². The molecular weight excluding hydrogens is 438 g/mol. The minimum Gasteiger partial charge on any atom is -0.365 e. The summed E-state index contributed by atoms with van der Waals surface area (Å²) in [6, 6.07) is 7.53. The molecule has 33 heavy (non-hydrogen) atoms. The normalized spacial score (nSPS) is 18.8. The zero-order valence-corrected chi connectivity index (χ0v) is 17.7. The van der Waals surface area contributed by atoms with Crippen molar-refractivity contribution in [1.29, 1.82) is 0 Å². The van der Waals surface area contributed by atoms with Crippen LogP contribution in [0.5, 0.6) is 0 Å². The summed E-state index contributed by atoms with van der Waals surface area (Å²) in [5, 5.41) is 3.12. The number of anilines is 1. The van der Waals surface area contributed by atoms with Crippen molar-refractivity contribution in [3.8, 4) is 11.4 Å². The number of pyridine rings is 1. The summed E-state index contributed by atoms with van der Waals surface area (Å²) in [6.07, 6.45) is 0.653. The first-order chi connectivity index (χ1) is 15.8. The Morgan fingerprint density at radius 3 is 2.52 bits per heavy atom. The molecule has 0 unspecified atom stereocenters. The number of hydrogen-bond acceptors (Lipinski definition) is 5. The fourth-order valence-electron chi connectivity index (χ4n) is 3.97. The fourth-order valence-corrected chi connectivity index (χ4v) is 3.97. The highest BCUT2D eigenvalue weighted by Gasteiger charge is 2.35. The van der Waals surface area contributed by atoms with E-state index in [9.17, 15) is 22.4 Å². The summed E-state index contributed by atoms with van der Waals surface area (Å²) in [7, 11) is 0. The number of alkyl halides is 3. The molecule has 0 radical (unpaired) electrons. The Morgan fingerprint density at radius 1 is 1.09 bits per heavy atom. The molecule has 1 fully saturated rings. The molecule has 2 aromatic heterocycles. The lowest BCUT2D eigenvalue weighted by Gasteiger charge is -2.40. The van der Waals surface area contributed by atoms with Crippen molar-refractivity contribution < 1.29 is 22.4 Å². The van der Waals surface area contributed by atoms with Crippen LogP contribution in [-0.2, 0) is 6.18 Å². The molecule has 10 heteroatoms. The molecule has 6 nitrogen and oxygen atoms in total. The highest BCUT2D eigenvalue weighted by atomic mass is 19.4. The van der Waals surface area contributed by atoms with E-state index in [1.54, 1.807) is 17.0 Å². The van der Waals surface area contributed by atoms with Gasteiger partial charge in [-0.25, -0.2) is 19.3 Å². The Labute approximate surface area is 187 Å². The molecule has 1 aliphatic heterocycles. The minimum absolute atomic E-state index is 0.108. The van der Waals surface area contributed by atoms with Crippen LogP contribution in [-0.4, -0.2) is 44.4 Å². The third-order valence-corrected chi connectivity index (χ3v) is 5.71. The molecule has 3 heterocycles. The van der Waals surface area contributed by atoms with Crippen molar-refractivity contribution in [3.05, 3.63) is 71.9 Å². The third kappa shape index (κ3) is 4.79. The standard InChI is InChI=1S/C23H21F4N5O/c1-14-18(31-19-9-8-15(13-30-19)23(25,26)27)7-3-12-32(14)22(33)20-16(5-2-6-17(20)24)21-28-10-4-11-29-21/h2,4-6,8-11,13-14,18H,3,7,12H2,1H3,(H,30,31)/t14-,18+/m0/s1. The van der Waals surface area contributed by atoms with Gasteiger partial charge < -0.3 is 10.2 Å². The first-order valence-electron chi connectivity index (χ1n) is 10.4. The average Bonchev–Trinajstić information content (AvgIpc) is 2.80. The molecule has 0 saturated carbocycles. The van der Waals surface area contributed by atoms with Crippen LogP contribution in [0.15, 0.2) is 55.0 Å². The van der Waals surface area contributed by atoms with E-state index in [-0.39, 0.29) is 29.3 Å². The molecule has 1 amide bonds. The fraction of sp³-hybridized carbons (Fsp3) is 0.304. The van der Waals surface area contributed by atoms with Gasteiger partial charge in [-0.3, -0.25) is 4.79 Å². The van der Waals surface area contributed by atoms with Crippen LogP contribution in [0.1, 0.15) is 35.7 Å². The van der Waals surface area contributed by atoms with Crippen LogP contribution >= 0.6 is 0 Å². The Balaban J connectivity index is 1.56. The molecule has 0 aliphatic carbocycles. The molecule has 0 spiro atoms. The number of hydrogen-bond donors (Lipinski definition) is 1. The number of likely N-dealkylation sites (tertiary alicyclic amines) is 1. The van der Waals surface area contributed by atoms with Gasteiger partial charge in [0, 0.05) is 42.8 Å². The van der Waals surface area contributed by atoms with Gasteiger partial charge in [-0.1, -0.05) is 12.1 Å². The SMILES string of the molecule is C[C@H]1[C@H](Nc2ccc(C(F)(F)F)cn2)CCCN1C(=O)c1c(F)cccc1-c1ncccn1. The largest absolute Gasteiger partial charge is 0.417 e. The lowest BCUT2D eigenvalue weighted by atomic mass is 9.95. The van der Waals surface area contributed by atoms with E-state index in [1.165, 1.54) is 30.6 Å². The summed E-state index contributed by atoms with van der Waals surface area (Å²) >= 11 is 0. The molecule has 4 rings (SSSR count). The predicted molar refractivity (Wildman–Crippen MR) is 114 cm³/mol. The lowest BCUT2D eigenvalue weighted by molar-refractivity contribution is -0.137. The molecular formula is C23H21F4N5O. The zero-order valence-electron chi connectivity index (χ0n) is 17.7. The minimum atomic E-state index is -4.47. The van der Waals surface area contributed by atoms with Crippen molar-refractivity contribution in [3.63, 3.8) is 0 Å². The van der Waals surface area contributed by atoms with Crippen molar-refractivity contribution >= 4 is 11.7 Å². The van der Waals surface area contributed by atoms with Gasteiger partial charge >= 0.3 is 6.18 Å². The molecule has 3 aromatic rings. The van der Waals surface area contributed by atoms with Crippen LogP contribution in [0.3, 0.4) is 0 Å². The van der Waals surface area contributed by atoms with E-state index < -0.39 is 23.5 Å². The molecule has 172 valence electrons. The van der Waals surface area contributed by atoms with Gasteiger partial charge in [0.05, 0.1) is 11.1 Å². The smallest absolute Gasteiger partial charge is 0.365 e. The third-order valence-electron chi connectivity index (χ3n) is 5.71. The maximum absolute atomic E-state index is 14.8. The zero-order chi connectivity index (χ0) is 23.6. The Bertz CT molecular complexity index is 1120. The number of piperidine rings is 1. The topological polar surface area (TPSA) is 71.0 Å². The van der Waals surface area contributed by atoms with Crippen molar-refractivity contribution in [1.82, 2.24) is 19.9 Å². The number of rotatable bonds is 4. The maximum atomic E-state index is 14.8. The van der Waals surface area contributed by atoms with E-state index in [0.29, 0.717) is 24.9 Å². The molecule has 1 aromatic carbocycles. The average molecular weight is 459 g/mol. The summed E-state index contributed by atoms with van der Waals surface area (Å²) < 4.78 is 53.2. The van der Waals surface area contributed by atoms with Crippen LogP contribution in [0.4, 0.5) is 23.4 Å². The monoisotopic (exact) mass is 459 g/mol. The quantitative estimate of drug-likeness (QED) is 0.568. The summed E-state index contributed by atoms with van der Waals surface area (Å²) in [5.74, 6) is -0.640. The van der Waals surface area contributed by atoms with Crippen molar-refractivity contribution in [2.24, 2.45) is 0 Å². The van der Waals surface area contributed by atoms with Crippen LogP contribution < -0.4 is 5.32 Å². The maximum Gasteiger partial charge on any atom is 0.417 e. The summed E-state index contributed by atoms with van der Waals surface area (Å²) in [4.78, 5) is 27.2. The first-order valence-corrected chi connectivity index (χ1v) is 10.4. The molecule has 2 atom stereocenters. The van der Waals surface area contributed by atoms with Gasteiger partial charge in [-0.15, -0.1) is 0 Å². The Hall–Kier alpha value is -3.56. The second kappa shape index (κ2) is 9.13. The number of amides is 1. The van der Waals surface area contributed by atoms with E-state index in [0.717, 1.165) is 12.3 Å². The van der Waals surface area contributed by atoms with Gasteiger partial charge in [0.25, 0.3) is 5.91 Å². The van der Waals surface area contributed by atoms with Crippen LogP contribution in [0.25, 0.3) is 11.4 Å². The van der Waals surface area contributed by atoms with Gasteiger partial charge in [0.1, 0.15) is 11.6 Å². The molecule has 1 aliphatic rings. The number of carbonyl (C=O) groups excluding carboxylic acids is 1.